The van der Waals surface area contributed by atoms with Crippen molar-refractivity contribution in [2.24, 2.45) is 0 Å². The van der Waals surface area contributed by atoms with Crippen molar-refractivity contribution in [1.82, 2.24) is 29.9 Å². The number of thioether (sulfide) groups is 1. The van der Waals surface area contributed by atoms with Crippen LogP contribution in [0, 0.1) is 0 Å². The van der Waals surface area contributed by atoms with Crippen molar-refractivity contribution in [2.75, 3.05) is 13.1 Å². The van der Waals surface area contributed by atoms with Gasteiger partial charge < -0.3 is 4.42 Å². The normalized spacial score (nSPS) is 14.7. The van der Waals surface area contributed by atoms with Gasteiger partial charge >= 0.3 is 0 Å². The van der Waals surface area contributed by atoms with Crippen molar-refractivity contribution in [2.45, 2.75) is 36.7 Å². The number of aromatic nitrogens is 5. The van der Waals surface area contributed by atoms with Crippen LogP contribution in [0.1, 0.15) is 31.0 Å². The minimum atomic E-state index is 0.479. The van der Waals surface area contributed by atoms with Crippen molar-refractivity contribution in [3.63, 3.8) is 0 Å². The van der Waals surface area contributed by atoms with Crippen LogP contribution < -0.4 is 0 Å². The van der Waals surface area contributed by atoms with Crippen LogP contribution in [-0.4, -0.2) is 43.0 Å². The molecule has 9 heteroatoms. The van der Waals surface area contributed by atoms with E-state index < -0.39 is 0 Å². The maximum atomic E-state index is 5.96. The second kappa shape index (κ2) is 9.85. The third kappa shape index (κ3) is 4.87. The van der Waals surface area contributed by atoms with Gasteiger partial charge in [-0.2, -0.15) is 0 Å². The Kier molecular flexibility index (Phi) is 6.52. The molecule has 1 fully saturated rings. The predicted octanol–water partition coefficient (Wildman–Crippen LogP) is 5.25. The van der Waals surface area contributed by atoms with Crippen LogP contribution >= 0.6 is 23.4 Å². The van der Waals surface area contributed by atoms with E-state index in [4.69, 9.17) is 16.0 Å². The Hall–Kier alpha value is -2.68. The zero-order valence-corrected chi connectivity index (χ0v) is 19.1. The van der Waals surface area contributed by atoms with Crippen LogP contribution in [0.25, 0.3) is 17.1 Å². The van der Waals surface area contributed by atoms with Gasteiger partial charge in [-0.15, -0.1) is 20.4 Å². The number of piperidine rings is 1. The molecule has 0 atom stereocenters. The molecule has 164 valence electrons. The molecule has 4 aromatic rings. The van der Waals surface area contributed by atoms with Gasteiger partial charge in [0.2, 0.25) is 11.8 Å². The molecule has 5 rings (SSSR count). The van der Waals surface area contributed by atoms with E-state index in [1.807, 2.05) is 42.5 Å². The summed E-state index contributed by atoms with van der Waals surface area (Å²) in [6, 6.07) is 17.6. The fourth-order valence-electron chi connectivity index (χ4n) is 3.80. The topological polar surface area (TPSA) is 72.9 Å². The SMILES string of the molecule is Clc1ccc(-c2nnc(CSc3nnc(CN4CCCCC4)n3-c3ccccc3)o2)cc1. The van der Waals surface area contributed by atoms with E-state index in [0.29, 0.717) is 22.6 Å². The average Bonchev–Trinajstić information content (AvgIpc) is 3.47. The van der Waals surface area contributed by atoms with Gasteiger partial charge in [-0.1, -0.05) is 48.0 Å². The van der Waals surface area contributed by atoms with Gasteiger partial charge in [0, 0.05) is 16.3 Å². The summed E-state index contributed by atoms with van der Waals surface area (Å²) >= 11 is 7.50. The van der Waals surface area contributed by atoms with Crippen LogP contribution in [0.15, 0.2) is 64.2 Å². The third-order valence-electron chi connectivity index (χ3n) is 5.41. The summed E-state index contributed by atoms with van der Waals surface area (Å²) in [6.45, 7) is 3.02. The lowest BCUT2D eigenvalue weighted by Gasteiger charge is -2.26. The molecule has 7 nitrogen and oxygen atoms in total. The summed E-state index contributed by atoms with van der Waals surface area (Å²) in [5.74, 6) is 2.48. The molecule has 0 spiro atoms. The molecule has 0 unspecified atom stereocenters. The zero-order chi connectivity index (χ0) is 21.8. The molecule has 0 bridgehead atoms. The molecule has 2 aromatic carbocycles. The van der Waals surface area contributed by atoms with Crippen molar-refractivity contribution in [1.29, 1.82) is 0 Å². The molecule has 0 amide bonds. The van der Waals surface area contributed by atoms with Gasteiger partial charge in [0.15, 0.2) is 11.0 Å². The molecule has 1 aliphatic heterocycles. The quantitative estimate of drug-likeness (QED) is 0.344. The smallest absolute Gasteiger partial charge is 0.247 e. The van der Waals surface area contributed by atoms with Gasteiger partial charge in [-0.3, -0.25) is 9.47 Å². The van der Waals surface area contributed by atoms with Gasteiger partial charge in [0.1, 0.15) is 0 Å². The molecule has 0 radical (unpaired) electrons. The molecule has 0 N–H and O–H groups in total. The van der Waals surface area contributed by atoms with E-state index in [1.54, 1.807) is 11.8 Å². The molecule has 0 aliphatic carbocycles. The minimum Gasteiger partial charge on any atom is -0.420 e. The number of para-hydroxylation sites is 1. The molecule has 0 saturated carbocycles. The summed E-state index contributed by atoms with van der Waals surface area (Å²) < 4.78 is 7.99. The predicted molar refractivity (Wildman–Crippen MR) is 125 cm³/mol. The molecule has 1 saturated heterocycles. The van der Waals surface area contributed by atoms with Gasteiger partial charge in [-0.25, -0.2) is 0 Å². The number of nitrogens with zero attached hydrogens (tertiary/aromatic N) is 6. The molecular formula is C23H23ClN6OS. The molecule has 2 aromatic heterocycles. The van der Waals surface area contributed by atoms with E-state index in [-0.39, 0.29) is 0 Å². The van der Waals surface area contributed by atoms with Crippen molar-refractivity contribution >= 4 is 23.4 Å². The lowest BCUT2D eigenvalue weighted by atomic mass is 10.1. The zero-order valence-electron chi connectivity index (χ0n) is 17.5. The van der Waals surface area contributed by atoms with Crippen LogP contribution in [0.2, 0.25) is 5.02 Å². The van der Waals surface area contributed by atoms with Gasteiger partial charge in [0.05, 0.1) is 12.3 Å². The lowest BCUT2D eigenvalue weighted by molar-refractivity contribution is 0.214. The Balaban J connectivity index is 1.35. The Morgan fingerprint density at radius 2 is 1.66 bits per heavy atom. The minimum absolute atomic E-state index is 0.479. The van der Waals surface area contributed by atoms with Crippen LogP contribution in [0.4, 0.5) is 0 Å². The summed E-state index contributed by atoms with van der Waals surface area (Å²) in [7, 11) is 0. The average molecular weight is 467 g/mol. The van der Waals surface area contributed by atoms with Crippen molar-refractivity contribution < 1.29 is 4.42 Å². The highest BCUT2D eigenvalue weighted by molar-refractivity contribution is 7.98. The number of hydrogen-bond acceptors (Lipinski definition) is 7. The molecule has 3 heterocycles. The Morgan fingerprint density at radius 3 is 2.44 bits per heavy atom. The monoisotopic (exact) mass is 466 g/mol. The summed E-state index contributed by atoms with van der Waals surface area (Å²) in [6.07, 6.45) is 3.80. The van der Waals surface area contributed by atoms with E-state index in [0.717, 1.165) is 41.9 Å². The summed E-state index contributed by atoms with van der Waals surface area (Å²) in [4.78, 5) is 2.46. The first-order valence-corrected chi connectivity index (χ1v) is 12.1. The van der Waals surface area contributed by atoms with Gasteiger partial charge in [-0.05, 0) is 62.3 Å². The maximum absolute atomic E-state index is 5.96. The van der Waals surface area contributed by atoms with Gasteiger partial charge in [0.25, 0.3) is 0 Å². The summed E-state index contributed by atoms with van der Waals surface area (Å²) in [5.41, 5.74) is 1.90. The van der Waals surface area contributed by atoms with E-state index in [2.05, 4.69) is 42.0 Å². The fourth-order valence-corrected chi connectivity index (χ4v) is 4.73. The number of halogens is 1. The van der Waals surface area contributed by atoms with Crippen molar-refractivity contribution in [3.8, 4) is 17.1 Å². The van der Waals surface area contributed by atoms with Crippen molar-refractivity contribution in [3.05, 3.63) is 71.3 Å². The highest BCUT2D eigenvalue weighted by Crippen LogP contribution is 2.27. The highest BCUT2D eigenvalue weighted by Gasteiger charge is 2.19. The van der Waals surface area contributed by atoms with E-state index >= 15 is 0 Å². The second-order valence-electron chi connectivity index (χ2n) is 7.70. The molecule has 1 aliphatic rings. The Labute approximate surface area is 195 Å². The van der Waals surface area contributed by atoms with E-state index in [1.165, 1.54) is 19.3 Å². The molecule has 32 heavy (non-hydrogen) atoms. The number of hydrogen-bond donors (Lipinski definition) is 0. The fraction of sp³-hybridized carbons (Fsp3) is 0.304. The number of likely N-dealkylation sites (tertiary alicyclic amines) is 1. The summed E-state index contributed by atoms with van der Waals surface area (Å²) in [5, 5.41) is 18.9. The Bertz CT molecular complexity index is 1150. The molecular weight excluding hydrogens is 444 g/mol. The third-order valence-corrected chi connectivity index (χ3v) is 6.58. The highest BCUT2D eigenvalue weighted by atomic mass is 35.5. The first-order chi connectivity index (χ1) is 15.8. The first-order valence-electron chi connectivity index (χ1n) is 10.7. The second-order valence-corrected chi connectivity index (χ2v) is 9.08. The van der Waals surface area contributed by atoms with E-state index in [9.17, 15) is 0 Å². The lowest BCUT2D eigenvalue weighted by Crippen LogP contribution is -2.30. The number of benzene rings is 2. The standard InChI is InChI=1S/C23H23ClN6OS/c24-18-11-9-17(10-12-18)22-27-26-21(31-22)16-32-23-28-25-20(15-29-13-5-2-6-14-29)30(23)19-7-3-1-4-8-19/h1,3-4,7-12H,2,5-6,13-16H2. The van der Waals surface area contributed by atoms with Crippen LogP contribution in [0.5, 0.6) is 0 Å². The van der Waals surface area contributed by atoms with Crippen LogP contribution in [0.3, 0.4) is 0 Å². The number of rotatable bonds is 7. The first kappa shape index (κ1) is 21.2. The Morgan fingerprint density at radius 1 is 0.875 bits per heavy atom. The van der Waals surface area contributed by atoms with Crippen LogP contribution in [-0.2, 0) is 12.3 Å². The maximum Gasteiger partial charge on any atom is 0.247 e. The largest absolute Gasteiger partial charge is 0.420 e.